The Labute approximate surface area is 148 Å². The van der Waals surface area contributed by atoms with Crippen molar-refractivity contribution in [3.63, 3.8) is 0 Å². The Bertz CT molecular complexity index is 656. The van der Waals surface area contributed by atoms with Crippen molar-refractivity contribution in [1.29, 1.82) is 0 Å². The van der Waals surface area contributed by atoms with E-state index in [4.69, 9.17) is 23.2 Å². The van der Waals surface area contributed by atoms with Crippen molar-refractivity contribution < 1.29 is 8.42 Å². The van der Waals surface area contributed by atoms with Gasteiger partial charge in [0.05, 0.1) is 10.8 Å². The van der Waals surface area contributed by atoms with Gasteiger partial charge in [-0.15, -0.1) is 23.2 Å². The van der Waals surface area contributed by atoms with Gasteiger partial charge in [-0.3, -0.25) is 0 Å². The second-order valence-electron chi connectivity index (χ2n) is 5.61. The van der Waals surface area contributed by atoms with Crippen LogP contribution in [0.5, 0.6) is 0 Å². The molecule has 2 rings (SSSR count). The van der Waals surface area contributed by atoms with E-state index in [9.17, 15) is 8.42 Å². The highest BCUT2D eigenvalue weighted by Gasteiger charge is 2.41. The lowest BCUT2D eigenvalue weighted by Gasteiger charge is -2.28. The molecule has 0 aromatic heterocycles. The highest BCUT2D eigenvalue weighted by Crippen LogP contribution is 2.41. The standard InChI is InChI=1S/C18H20Cl2O2S/c1-13(19)17(15-9-5-3-6-10-15)23(21,22)18(14(2)20)16-11-7-4-8-12-16/h3-14,17-18H,1-2H3. The van der Waals surface area contributed by atoms with Gasteiger partial charge in [-0.2, -0.15) is 0 Å². The Morgan fingerprint density at radius 1 is 0.696 bits per heavy atom. The molecular weight excluding hydrogens is 351 g/mol. The molecule has 0 fully saturated rings. The first kappa shape index (κ1) is 18.3. The van der Waals surface area contributed by atoms with Crippen LogP contribution in [-0.4, -0.2) is 19.2 Å². The number of rotatable bonds is 6. The minimum absolute atomic E-state index is 0.566. The molecule has 4 unspecified atom stereocenters. The predicted molar refractivity (Wildman–Crippen MR) is 97.9 cm³/mol. The fraction of sp³-hybridized carbons (Fsp3) is 0.333. The zero-order valence-corrected chi connectivity index (χ0v) is 15.4. The molecule has 124 valence electrons. The van der Waals surface area contributed by atoms with Crippen LogP contribution in [0.15, 0.2) is 60.7 Å². The van der Waals surface area contributed by atoms with Gasteiger partial charge in [-0.05, 0) is 25.0 Å². The van der Waals surface area contributed by atoms with E-state index in [1.807, 2.05) is 36.4 Å². The summed E-state index contributed by atoms with van der Waals surface area (Å²) in [5.74, 6) is 0. The van der Waals surface area contributed by atoms with Gasteiger partial charge in [0.25, 0.3) is 0 Å². The molecule has 0 saturated heterocycles. The molecular formula is C18H20Cl2O2S. The van der Waals surface area contributed by atoms with Crippen molar-refractivity contribution in [2.24, 2.45) is 0 Å². The Morgan fingerprint density at radius 2 is 1.00 bits per heavy atom. The van der Waals surface area contributed by atoms with E-state index >= 15 is 0 Å². The highest BCUT2D eigenvalue weighted by molar-refractivity contribution is 7.92. The summed E-state index contributed by atoms with van der Waals surface area (Å²) < 4.78 is 26.7. The molecule has 0 spiro atoms. The molecule has 0 heterocycles. The van der Waals surface area contributed by atoms with Crippen molar-refractivity contribution in [3.8, 4) is 0 Å². The second kappa shape index (κ2) is 7.69. The number of hydrogen-bond donors (Lipinski definition) is 0. The van der Waals surface area contributed by atoms with Crippen LogP contribution in [-0.2, 0) is 9.84 Å². The minimum atomic E-state index is -3.63. The molecule has 2 nitrogen and oxygen atoms in total. The van der Waals surface area contributed by atoms with Gasteiger partial charge in [0.15, 0.2) is 9.84 Å². The molecule has 0 bridgehead atoms. The van der Waals surface area contributed by atoms with Crippen LogP contribution < -0.4 is 0 Å². The molecule has 4 atom stereocenters. The maximum Gasteiger partial charge on any atom is 0.167 e. The van der Waals surface area contributed by atoms with Crippen molar-refractivity contribution >= 4 is 33.0 Å². The third-order valence-corrected chi connectivity index (χ3v) is 7.38. The lowest BCUT2D eigenvalue weighted by molar-refractivity contribution is 0.563. The van der Waals surface area contributed by atoms with Gasteiger partial charge in [-0.1, -0.05) is 60.7 Å². The molecule has 0 aliphatic rings. The lowest BCUT2D eigenvalue weighted by atomic mass is 10.1. The first-order valence-electron chi connectivity index (χ1n) is 7.46. The van der Waals surface area contributed by atoms with Crippen LogP contribution in [0.1, 0.15) is 35.5 Å². The Kier molecular flexibility index (Phi) is 6.12. The predicted octanol–water partition coefficient (Wildman–Crippen LogP) is 5.14. The molecule has 0 aliphatic carbocycles. The van der Waals surface area contributed by atoms with Crippen molar-refractivity contribution in [2.75, 3.05) is 0 Å². The van der Waals surface area contributed by atoms with E-state index < -0.39 is 31.1 Å². The maximum absolute atomic E-state index is 13.3. The number of halogens is 2. The topological polar surface area (TPSA) is 34.1 Å². The maximum atomic E-state index is 13.3. The van der Waals surface area contributed by atoms with Crippen molar-refractivity contribution in [3.05, 3.63) is 71.8 Å². The Balaban J connectivity index is 2.55. The second-order valence-corrected chi connectivity index (χ2v) is 9.18. The summed E-state index contributed by atoms with van der Waals surface area (Å²) >= 11 is 12.6. The van der Waals surface area contributed by atoms with E-state index in [-0.39, 0.29) is 0 Å². The van der Waals surface area contributed by atoms with E-state index in [2.05, 4.69) is 0 Å². The van der Waals surface area contributed by atoms with Crippen molar-refractivity contribution in [2.45, 2.75) is 35.1 Å². The SMILES string of the molecule is CC(Cl)C(c1ccccc1)S(=O)(=O)C(c1ccccc1)C(C)Cl. The van der Waals surface area contributed by atoms with Gasteiger partial charge < -0.3 is 0 Å². The summed E-state index contributed by atoms with van der Waals surface area (Å²) in [6.07, 6.45) is 0. The van der Waals surface area contributed by atoms with Gasteiger partial charge in [0.1, 0.15) is 10.5 Å². The van der Waals surface area contributed by atoms with E-state index in [1.54, 1.807) is 38.1 Å². The summed E-state index contributed by atoms with van der Waals surface area (Å²) in [7, 11) is -3.63. The molecule has 0 aliphatic heterocycles. The van der Waals surface area contributed by atoms with Gasteiger partial charge in [0, 0.05) is 0 Å². The van der Waals surface area contributed by atoms with Gasteiger partial charge in [0.2, 0.25) is 0 Å². The molecule has 5 heteroatoms. The summed E-state index contributed by atoms with van der Waals surface area (Å²) in [4.78, 5) is 0. The van der Waals surface area contributed by atoms with E-state index in [1.165, 1.54) is 0 Å². The average molecular weight is 371 g/mol. The molecule has 0 saturated carbocycles. The molecule has 23 heavy (non-hydrogen) atoms. The third-order valence-electron chi connectivity index (χ3n) is 3.80. The van der Waals surface area contributed by atoms with Crippen LogP contribution in [0.25, 0.3) is 0 Å². The first-order chi connectivity index (χ1) is 10.9. The molecule has 0 N–H and O–H groups in total. The lowest BCUT2D eigenvalue weighted by Crippen LogP contribution is -2.30. The normalized spacial score (nSPS) is 17.2. The van der Waals surface area contributed by atoms with Crippen LogP contribution in [0.3, 0.4) is 0 Å². The zero-order chi connectivity index (χ0) is 17.0. The zero-order valence-electron chi connectivity index (χ0n) is 13.1. The number of benzene rings is 2. The molecule has 0 radical (unpaired) electrons. The van der Waals surface area contributed by atoms with Crippen LogP contribution in [0.4, 0.5) is 0 Å². The first-order valence-corrected chi connectivity index (χ1v) is 9.94. The summed E-state index contributed by atoms with van der Waals surface area (Å²) in [6, 6.07) is 18.2. The van der Waals surface area contributed by atoms with Crippen LogP contribution in [0, 0.1) is 0 Å². The molecule has 2 aromatic carbocycles. The summed E-state index contributed by atoms with van der Waals surface area (Å²) in [5, 5.41) is -2.75. The largest absolute Gasteiger partial charge is 0.227 e. The molecule has 2 aromatic rings. The quantitative estimate of drug-likeness (QED) is 0.659. The van der Waals surface area contributed by atoms with Crippen LogP contribution >= 0.6 is 23.2 Å². The smallest absolute Gasteiger partial charge is 0.167 e. The fourth-order valence-electron chi connectivity index (χ4n) is 2.88. The highest BCUT2D eigenvalue weighted by atomic mass is 35.5. The molecule has 0 amide bonds. The van der Waals surface area contributed by atoms with E-state index in [0.29, 0.717) is 11.1 Å². The summed E-state index contributed by atoms with van der Waals surface area (Å²) in [6.45, 7) is 3.41. The monoisotopic (exact) mass is 370 g/mol. The van der Waals surface area contributed by atoms with Gasteiger partial charge >= 0.3 is 0 Å². The Morgan fingerprint density at radius 3 is 1.26 bits per heavy atom. The number of hydrogen-bond acceptors (Lipinski definition) is 2. The third kappa shape index (κ3) is 4.09. The average Bonchev–Trinajstić information content (AvgIpc) is 2.48. The number of sulfone groups is 1. The van der Waals surface area contributed by atoms with Gasteiger partial charge in [-0.25, -0.2) is 8.42 Å². The van der Waals surface area contributed by atoms with Crippen molar-refractivity contribution in [1.82, 2.24) is 0 Å². The minimum Gasteiger partial charge on any atom is -0.227 e. The fourth-order valence-corrected chi connectivity index (χ4v) is 6.46. The van der Waals surface area contributed by atoms with E-state index in [0.717, 1.165) is 0 Å². The van der Waals surface area contributed by atoms with Crippen LogP contribution in [0.2, 0.25) is 0 Å². The Hall–Kier alpha value is -1.03. The number of alkyl halides is 2. The summed E-state index contributed by atoms with van der Waals surface area (Å²) in [5.41, 5.74) is 1.38.